The van der Waals surface area contributed by atoms with Crippen molar-refractivity contribution in [2.75, 3.05) is 14.1 Å². The van der Waals surface area contributed by atoms with Gasteiger partial charge in [0.2, 0.25) is 0 Å². The second-order valence-electron chi connectivity index (χ2n) is 3.64. The molecular weight excluding hydrogens is 172 g/mol. The fourth-order valence-electron chi connectivity index (χ4n) is 1.82. The number of aliphatic imine (C=N–C) groups is 2. The van der Waals surface area contributed by atoms with Crippen molar-refractivity contribution >= 4 is 11.4 Å². The molecular formula is C12H18N2. The van der Waals surface area contributed by atoms with Crippen LogP contribution in [0.2, 0.25) is 0 Å². The maximum Gasteiger partial charge on any atom is 0.0857 e. The predicted octanol–water partition coefficient (Wildman–Crippen LogP) is 2.81. The Kier molecular flexibility index (Phi) is 3.04. The molecule has 0 unspecified atom stereocenters. The van der Waals surface area contributed by atoms with E-state index in [1.165, 1.54) is 22.3 Å². The van der Waals surface area contributed by atoms with Crippen LogP contribution < -0.4 is 0 Å². The van der Waals surface area contributed by atoms with Gasteiger partial charge in [0.25, 0.3) is 0 Å². The van der Waals surface area contributed by atoms with Gasteiger partial charge in [-0.2, -0.15) is 0 Å². The second kappa shape index (κ2) is 3.91. The van der Waals surface area contributed by atoms with E-state index in [0.29, 0.717) is 0 Å². The Hall–Kier alpha value is -1.18. The van der Waals surface area contributed by atoms with Crippen LogP contribution in [0.1, 0.15) is 27.7 Å². The summed E-state index contributed by atoms with van der Waals surface area (Å²) in [5, 5.41) is 0. The highest BCUT2D eigenvalue weighted by molar-refractivity contribution is 6.54. The highest BCUT2D eigenvalue weighted by Crippen LogP contribution is 2.26. The Balaban J connectivity index is 3.47. The topological polar surface area (TPSA) is 24.7 Å². The van der Waals surface area contributed by atoms with Gasteiger partial charge < -0.3 is 0 Å². The average Bonchev–Trinajstić information content (AvgIpc) is 2.20. The Morgan fingerprint density at radius 1 is 0.571 bits per heavy atom. The summed E-state index contributed by atoms with van der Waals surface area (Å²) in [6.07, 6.45) is 0. The van der Waals surface area contributed by atoms with Crippen LogP contribution in [0.15, 0.2) is 32.3 Å². The van der Waals surface area contributed by atoms with Gasteiger partial charge in [0.15, 0.2) is 0 Å². The fourth-order valence-corrected chi connectivity index (χ4v) is 1.82. The van der Waals surface area contributed by atoms with Crippen LogP contribution in [0, 0.1) is 0 Å². The number of nitrogens with zero attached hydrogens (tertiary/aromatic N) is 2. The second-order valence-corrected chi connectivity index (χ2v) is 3.64. The van der Waals surface area contributed by atoms with Crippen molar-refractivity contribution in [1.29, 1.82) is 0 Å². The van der Waals surface area contributed by atoms with Gasteiger partial charge in [0.1, 0.15) is 0 Å². The smallest absolute Gasteiger partial charge is 0.0857 e. The Bertz CT molecular complexity index is 333. The maximum absolute atomic E-state index is 4.31. The molecule has 0 aromatic rings. The molecule has 2 nitrogen and oxygen atoms in total. The molecule has 0 saturated heterocycles. The van der Waals surface area contributed by atoms with E-state index >= 15 is 0 Å². The van der Waals surface area contributed by atoms with Crippen molar-refractivity contribution < 1.29 is 0 Å². The van der Waals surface area contributed by atoms with Gasteiger partial charge in [-0.25, -0.2) is 0 Å². The average molecular weight is 190 g/mol. The quantitative estimate of drug-likeness (QED) is 0.525. The van der Waals surface area contributed by atoms with Crippen LogP contribution in [0.5, 0.6) is 0 Å². The molecule has 14 heavy (non-hydrogen) atoms. The third-order valence-corrected chi connectivity index (χ3v) is 3.07. The molecule has 0 aromatic carbocycles. The summed E-state index contributed by atoms with van der Waals surface area (Å²) >= 11 is 0. The molecule has 76 valence electrons. The van der Waals surface area contributed by atoms with Gasteiger partial charge in [0, 0.05) is 14.1 Å². The highest BCUT2D eigenvalue weighted by atomic mass is 14.8. The van der Waals surface area contributed by atoms with Crippen LogP contribution in [0.25, 0.3) is 0 Å². The molecule has 2 heteroatoms. The van der Waals surface area contributed by atoms with Crippen molar-refractivity contribution in [3.05, 3.63) is 22.3 Å². The van der Waals surface area contributed by atoms with Gasteiger partial charge in [-0.05, 0) is 50.0 Å². The first-order valence-electron chi connectivity index (χ1n) is 4.84. The molecule has 0 N–H and O–H groups in total. The van der Waals surface area contributed by atoms with Gasteiger partial charge in [0.05, 0.1) is 11.4 Å². The summed E-state index contributed by atoms with van der Waals surface area (Å²) in [5.74, 6) is 0. The molecule has 0 bridgehead atoms. The Morgan fingerprint density at radius 3 is 1.07 bits per heavy atom. The van der Waals surface area contributed by atoms with Crippen LogP contribution in [0.4, 0.5) is 0 Å². The zero-order valence-electron chi connectivity index (χ0n) is 9.89. The van der Waals surface area contributed by atoms with Gasteiger partial charge in [-0.3, -0.25) is 9.98 Å². The van der Waals surface area contributed by atoms with E-state index in [2.05, 4.69) is 37.7 Å². The summed E-state index contributed by atoms with van der Waals surface area (Å²) in [6, 6.07) is 0. The molecule has 0 amide bonds. The molecule has 1 aliphatic carbocycles. The zero-order chi connectivity index (χ0) is 10.9. The minimum Gasteiger partial charge on any atom is -0.286 e. The molecule has 0 atom stereocenters. The lowest BCUT2D eigenvalue weighted by molar-refractivity contribution is 1.22. The zero-order valence-corrected chi connectivity index (χ0v) is 9.89. The normalized spacial score (nSPS) is 24.1. The van der Waals surface area contributed by atoms with Crippen molar-refractivity contribution in [3.8, 4) is 0 Å². The molecule has 0 fully saturated rings. The molecule has 1 rings (SSSR count). The maximum atomic E-state index is 4.31. The minimum absolute atomic E-state index is 1.04. The van der Waals surface area contributed by atoms with E-state index in [1.807, 2.05) is 14.1 Å². The van der Waals surface area contributed by atoms with E-state index in [4.69, 9.17) is 0 Å². The fraction of sp³-hybridized carbons (Fsp3) is 0.500. The summed E-state index contributed by atoms with van der Waals surface area (Å²) in [4.78, 5) is 8.62. The third-order valence-electron chi connectivity index (χ3n) is 3.07. The highest BCUT2D eigenvalue weighted by Gasteiger charge is 2.21. The predicted molar refractivity (Wildman–Crippen MR) is 63.5 cm³/mol. The van der Waals surface area contributed by atoms with Gasteiger partial charge in [-0.1, -0.05) is 0 Å². The van der Waals surface area contributed by atoms with Crippen molar-refractivity contribution in [1.82, 2.24) is 0 Å². The lowest BCUT2D eigenvalue weighted by atomic mass is 9.85. The molecule has 0 aliphatic heterocycles. The Morgan fingerprint density at radius 2 is 0.857 bits per heavy atom. The van der Waals surface area contributed by atoms with Crippen molar-refractivity contribution in [2.45, 2.75) is 27.7 Å². The first-order valence-corrected chi connectivity index (χ1v) is 4.84. The van der Waals surface area contributed by atoms with E-state index in [-0.39, 0.29) is 0 Å². The third kappa shape index (κ3) is 1.45. The molecule has 0 heterocycles. The SMILES string of the molecule is C/N=C1/C(C)=C(C)C(C)=C(C)/C1=N/C. The van der Waals surface area contributed by atoms with Gasteiger partial charge in [-0.15, -0.1) is 0 Å². The largest absolute Gasteiger partial charge is 0.286 e. The number of hydrogen-bond donors (Lipinski definition) is 0. The van der Waals surface area contributed by atoms with Gasteiger partial charge >= 0.3 is 0 Å². The number of hydrogen-bond acceptors (Lipinski definition) is 2. The van der Waals surface area contributed by atoms with Crippen LogP contribution in [-0.4, -0.2) is 25.5 Å². The minimum atomic E-state index is 1.04. The summed E-state index contributed by atoms with van der Waals surface area (Å²) in [7, 11) is 3.65. The van der Waals surface area contributed by atoms with Crippen LogP contribution in [0.3, 0.4) is 0 Å². The van der Waals surface area contributed by atoms with Crippen LogP contribution >= 0.6 is 0 Å². The lowest BCUT2D eigenvalue weighted by Crippen LogP contribution is -2.23. The molecule has 0 aromatic heterocycles. The van der Waals surface area contributed by atoms with E-state index in [0.717, 1.165) is 11.4 Å². The molecule has 1 aliphatic rings. The molecule has 0 spiro atoms. The van der Waals surface area contributed by atoms with E-state index in [1.54, 1.807) is 0 Å². The molecule has 0 radical (unpaired) electrons. The molecule has 0 saturated carbocycles. The van der Waals surface area contributed by atoms with Crippen LogP contribution in [-0.2, 0) is 0 Å². The standard InChI is InChI=1S/C12H18N2/c1-7-8(2)10(4)12(14-6)11(13-5)9(7)3/h1-6H3/b13-11-,14-12-. The summed E-state index contributed by atoms with van der Waals surface area (Å²) in [5.41, 5.74) is 7.22. The van der Waals surface area contributed by atoms with E-state index < -0.39 is 0 Å². The number of rotatable bonds is 0. The Labute approximate surface area is 86.2 Å². The summed E-state index contributed by atoms with van der Waals surface area (Å²) in [6.45, 7) is 8.51. The lowest BCUT2D eigenvalue weighted by Gasteiger charge is -2.21. The summed E-state index contributed by atoms with van der Waals surface area (Å²) < 4.78 is 0. The monoisotopic (exact) mass is 190 g/mol. The van der Waals surface area contributed by atoms with Crippen molar-refractivity contribution in [2.24, 2.45) is 9.98 Å². The first kappa shape index (κ1) is 10.9. The number of allylic oxidation sites excluding steroid dienone is 4. The first-order chi connectivity index (χ1) is 6.54. The van der Waals surface area contributed by atoms with E-state index in [9.17, 15) is 0 Å². The van der Waals surface area contributed by atoms with Crippen molar-refractivity contribution in [3.63, 3.8) is 0 Å².